The molecule has 1 fully saturated rings. The second-order valence-electron chi connectivity index (χ2n) is 13.6. The number of fused-ring (bicyclic) bond motifs is 11. The van der Waals surface area contributed by atoms with E-state index in [0.717, 1.165) is 16.8 Å². The molecule has 3 nitrogen and oxygen atoms in total. The summed E-state index contributed by atoms with van der Waals surface area (Å²) in [7, 11) is -0.463. The zero-order chi connectivity index (χ0) is 30.6. The molecular formula is C41H34BNO2. The molecule has 0 N–H and O–H groups in total. The first-order valence-electron chi connectivity index (χ1n) is 15.9. The first kappa shape index (κ1) is 26.7. The molecule has 4 heteroatoms. The van der Waals surface area contributed by atoms with Crippen LogP contribution >= 0.6 is 0 Å². The Morgan fingerprint density at radius 1 is 0.533 bits per heavy atom. The number of hydrogen-bond acceptors (Lipinski definition) is 3. The van der Waals surface area contributed by atoms with E-state index in [9.17, 15) is 0 Å². The molecule has 6 aromatic rings. The normalized spacial score (nSPS) is 20.2. The van der Waals surface area contributed by atoms with Gasteiger partial charge in [0.25, 0.3) is 0 Å². The van der Waals surface area contributed by atoms with Crippen molar-refractivity contribution >= 4 is 40.4 Å². The fourth-order valence-electron chi connectivity index (χ4n) is 7.93. The van der Waals surface area contributed by atoms with E-state index in [4.69, 9.17) is 9.31 Å². The molecule has 2 aliphatic heterocycles. The minimum absolute atomic E-state index is 0.428. The van der Waals surface area contributed by atoms with Gasteiger partial charge in [-0.25, -0.2) is 0 Å². The summed E-state index contributed by atoms with van der Waals surface area (Å²) in [5.74, 6) is 0. The van der Waals surface area contributed by atoms with Gasteiger partial charge in [0.2, 0.25) is 0 Å². The van der Waals surface area contributed by atoms with Crippen molar-refractivity contribution < 1.29 is 9.31 Å². The Bertz CT molecular complexity index is 2140. The summed E-state index contributed by atoms with van der Waals surface area (Å²) in [4.78, 5) is 2.43. The van der Waals surface area contributed by atoms with Crippen LogP contribution in [0.25, 0.3) is 21.9 Å². The maximum atomic E-state index is 6.60. The minimum atomic E-state index is -0.515. The molecule has 1 unspecified atom stereocenters. The second-order valence-corrected chi connectivity index (χ2v) is 13.6. The van der Waals surface area contributed by atoms with Gasteiger partial charge in [-0.1, -0.05) is 109 Å². The Balaban J connectivity index is 1.41. The van der Waals surface area contributed by atoms with Crippen molar-refractivity contribution in [3.63, 3.8) is 0 Å². The van der Waals surface area contributed by atoms with Crippen LogP contribution in [0.5, 0.6) is 0 Å². The van der Waals surface area contributed by atoms with Crippen LogP contribution in [-0.4, -0.2) is 18.3 Å². The molecule has 0 radical (unpaired) electrons. The van der Waals surface area contributed by atoms with Gasteiger partial charge in [-0.3, -0.25) is 0 Å². The number of rotatable bonds is 2. The van der Waals surface area contributed by atoms with Crippen LogP contribution in [0, 0.1) is 0 Å². The van der Waals surface area contributed by atoms with Crippen molar-refractivity contribution in [1.29, 1.82) is 0 Å². The highest BCUT2D eigenvalue weighted by Crippen LogP contribution is 2.64. The first-order valence-corrected chi connectivity index (χ1v) is 15.9. The van der Waals surface area contributed by atoms with Crippen molar-refractivity contribution in [3.05, 3.63) is 156 Å². The molecule has 2 heterocycles. The lowest BCUT2D eigenvalue weighted by molar-refractivity contribution is 0.00578. The monoisotopic (exact) mass is 583 g/mol. The zero-order valence-electron chi connectivity index (χ0n) is 26.0. The maximum Gasteiger partial charge on any atom is 0.494 e. The van der Waals surface area contributed by atoms with E-state index in [0.29, 0.717) is 0 Å². The average Bonchev–Trinajstić information content (AvgIpc) is 3.48. The lowest BCUT2D eigenvalue weighted by atomic mass is 9.63. The van der Waals surface area contributed by atoms with Crippen molar-refractivity contribution in [2.45, 2.75) is 44.3 Å². The maximum absolute atomic E-state index is 6.60. The van der Waals surface area contributed by atoms with E-state index in [2.05, 4.69) is 166 Å². The van der Waals surface area contributed by atoms with Crippen LogP contribution in [0.1, 0.15) is 49.9 Å². The third-order valence-electron chi connectivity index (χ3n) is 10.7. The van der Waals surface area contributed by atoms with Crippen LogP contribution in [0.4, 0.5) is 17.1 Å². The molecule has 45 heavy (non-hydrogen) atoms. The van der Waals surface area contributed by atoms with E-state index in [1.807, 2.05) is 0 Å². The highest BCUT2D eigenvalue weighted by Gasteiger charge is 2.54. The lowest BCUT2D eigenvalue weighted by Gasteiger charge is -2.45. The fraction of sp³-hybridized carbons (Fsp3) is 0.171. The third-order valence-corrected chi connectivity index (χ3v) is 10.7. The molecule has 1 saturated heterocycles. The minimum Gasteiger partial charge on any atom is -0.399 e. The molecule has 0 aromatic heterocycles. The topological polar surface area (TPSA) is 21.7 Å². The largest absolute Gasteiger partial charge is 0.494 e. The number of para-hydroxylation sites is 2. The molecule has 0 saturated carbocycles. The summed E-state index contributed by atoms with van der Waals surface area (Å²) < 4.78 is 13.2. The van der Waals surface area contributed by atoms with Gasteiger partial charge in [0.15, 0.2) is 0 Å². The van der Waals surface area contributed by atoms with Crippen LogP contribution in [0.2, 0.25) is 0 Å². The van der Waals surface area contributed by atoms with Crippen molar-refractivity contribution in [2.24, 2.45) is 0 Å². The molecule has 1 spiro atoms. The predicted molar refractivity (Wildman–Crippen MR) is 185 cm³/mol. The SMILES string of the molecule is CC1(C)OB(c2ccc3c(c2)N(c2ccccc2)c2ccccc2C32c3ccccc3-c3ccc4ccccc4c32)OC1(C)C. The van der Waals surface area contributed by atoms with Crippen LogP contribution in [0.15, 0.2) is 133 Å². The molecular weight excluding hydrogens is 549 g/mol. The Morgan fingerprint density at radius 2 is 1.18 bits per heavy atom. The first-order chi connectivity index (χ1) is 21.8. The van der Waals surface area contributed by atoms with Gasteiger partial charge in [-0.2, -0.15) is 0 Å². The molecule has 6 aromatic carbocycles. The van der Waals surface area contributed by atoms with Crippen LogP contribution < -0.4 is 10.4 Å². The van der Waals surface area contributed by atoms with E-state index < -0.39 is 23.7 Å². The molecule has 0 bridgehead atoms. The van der Waals surface area contributed by atoms with Gasteiger partial charge in [0.05, 0.1) is 28.0 Å². The van der Waals surface area contributed by atoms with Crippen LogP contribution in [-0.2, 0) is 14.7 Å². The summed E-state index contributed by atoms with van der Waals surface area (Å²) in [6, 6.07) is 49.0. The highest BCUT2D eigenvalue weighted by atomic mass is 16.7. The second kappa shape index (κ2) is 9.20. The fourth-order valence-corrected chi connectivity index (χ4v) is 7.93. The Hall–Kier alpha value is -4.64. The molecule has 9 rings (SSSR count). The van der Waals surface area contributed by atoms with E-state index >= 15 is 0 Å². The molecule has 0 amide bonds. The average molecular weight is 584 g/mol. The van der Waals surface area contributed by atoms with Crippen molar-refractivity contribution in [2.75, 3.05) is 4.90 Å². The quantitative estimate of drug-likeness (QED) is 0.189. The number of nitrogens with zero attached hydrogens (tertiary/aromatic N) is 1. The molecule has 3 aliphatic rings. The number of anilines is 3. The summed E-state index contributed by atoms with van der Waals surface area (Å²) in [6.45, 7) is 8.46. The van der Waals surface area contributed by atoms with Gasteiger partial charge < -0.3 is 14.2 Å². The molecule has 1 atom stereocenters. The molecule has 1 aliphatic carbocycles. The predicted octanol–water partition coefficient (Wildman–Crippen LogP) is 9.29. The van der Waals surface area contributed by atoms with Crippen LogP contribution in [0.3, 0.4) is 0 Å². The summed E-state index contributed by atoms with van der Waals surface area (Å²) in [5, 5.41) is 2.54. The Labute approximate surface area is 265 Å². The Kier molecular flexibility index (Phi) is 5.47. The number of benzene rings is 6. The van der Waals surface area contributed by atoms with Gasteiger partial charge in [0, 0.05) is 5.69 Å². The zero-order valence-corrected chi connectivity index (χ0v) is 26.0. The highest BCUT2D eigenvalue weighted by molar-refractivity contribution is 6.62. The summed E-state index contributed by atoms with van der Waals surface area (Å²) in [5.41, 5.74) is 10.9. The lowest BCUT2D eigenvalue weighted by Crippen LogP contribution is -2.41. The molecule has 218 valence electrons. The summed E-state index contributed by atoms with van der Waals surface area (Å²) in [6.07, 6.45) is 0. The summed E-state index contributed by atoms with van der Waals surface area (Å²) >= 11 is 0. The Morgan fingerprint density at radius 3 is 1.98 bits per heavy atom. The van der Waals surface area contributed by atoms with Gasteiger partial charge >= 0.3 is 7.12 Å². The standard InChI is InChI=1S/C41H34BNO2/c1-39(2)40(3,4)45-42(44-39)28-23-25-35-37(26-28)43(29-15-6-5-7-16-29)36-21-13-12-20-34(36)41(35)33-19-11-10-18-31(33)32-24-22-27-14-8-9-17-30(27)38(32)41/h5-26H,1-4H3. The van der Waals surface area contributed by atoms with Crippen molar-refractivity contribution in [3.8, 4) is 11.1 Å². The third kappa shape index (κ3) is 3.50. The number of hydrogen-bond donors (Lipinski definition) is 0. The van der Waals surface area contributed by atoms with Gasteiger partial charge in [-0.05, 0) is 102 Å². The van der Waals surface area contributed by atoms with E-state index in [1.165, 1.54) is 49.8 Å². The van der Waals surface area contributed by atoms with Gasteiger partial charge in [-0.15, -0.1) is 0 Å². The smallest absolute Gasteiger partial charge is 0.399 e. The van der Waals surface area contributed by atoms with E-state index in [-0.39, 0.29) is 0 Å². The van der Waals surface area contributed by atoms with Crippen molar-refractivity contribution in [1.82, 2.24) is 0 Å². The van der Waals surface area contributed by atoms with Gasteiger partial charge in [0.1, 0.15) is 0 Å². The van der Waals surface area contributed by atoms with E-state index in [1.54, 1.807) is 0 Å².